The summed E-state index contributed by atoms with van der Waals surface area (Å²) in [6, 6.07) is 8.57. The Kier molecular flexibility index (Phi) is 3.90. The van der Waals surface area contributed by atoms with Crippen molar-refractivity contribution < 1.29 is 18.3 Å². The average Bonchev–Trinajstić information content (AvgIpc) is 2.42. The van der Waals surface area contributed by atoms with E-state index in [9.17, 15) is 13.6 Å². The first-order valence-corrected chi connectivity index (χ1v) is 5.83. The lowest BCUT2D eigenvalue weighted by Gasteiger charge is -2.10. The topological polar surface area (TPSA) is 26.3 Å². The molecular weight excluding hydrogens is 250 g/mol. The summed E-state index contributed by atoms with van der Waals surface area (Å²) in [6.45, 7) is 2.04. The molecule has 0 N–H and O–H groups in total. The number of hydrogen-bond donors (Lipinski definition) is 0. The van der Waals surface area contributed by atoms with Crippen molar-refractivity contribution in [1.29, 1.82) is 0 Å². The molecule has 19 heavy (non-hydrogen) atoms. The first-order valence-electron chi connectivity index (χ1n) is 5.83. The van der Waals surface area contributed by atoms with Crippen LogP contribution in [0, 0.1) is 11.6 Å². The van der Waals surface area contributed by atoms with Gasteiger partial charge in [0, 0.05) is 0 Å². The molecule has 0 aromatic heterocycles. The van der Waals surface area contributed by atoms with Gasteiger partial charge < -0.3 is 4.74 Å². The van der Waals surface area contributed by atoms with Crippen LogP contribution in [0.4, 0.5) is 8.78 Å². The largest absolute Gasteiger partial charge is 0.491 e. The van der Waals surface area contributed by atoms with Gasteiger partial charge in [-0.3, -0.25) is 4.79 Å². The first-order chi connectivity index (χ1) is 9.17. The van der Waals surface area contributed by atoms with Gasteiger partial charge in [-0.15, -0.1) is 0 Å². The molecule has 4 heteroatoms. The molecule has 0 heterocycles. The fourth-order valence-electron chi connectivity index (χ4n) is 1.84. The molecule has 0 aliphatic rings. The second-order valence-corrected chi connectivity index (χ2v) is 3.90. The van der Waals surface area contributed by atoms with Crippen molar-refractivity contribution in [2.45, 2.75) is 6.92 Å². The highest BCUT2D eigenvalue weighted by Crippen LogP contribution is 2.30. The van der Waals surface area contributed by atoms with Crippen LogP contribution in [0.5, 0.6) is 5.75 Å². The summed E-state index contributed by atoms with van der Waals surface area (Å²) < 4.78 is 32.0. The summed E-state index contributed by atoms with van der Waals surface area (Å²) >= 11 is 0. The number of hydrogen-bond acceptors (Lipinski definition) is 2. The van der Waals surface area contributed by atoms with Gasteiger partial charge in [0.2, 0.25) is 0 Å². The fourth-order valence-corrected chi connectivity index (χ4v) is 1.84. The van der Waals surface area contributed by atoms with E-state index in [-0.39, 0.29) is 17.1 Å². The zero-order valence-electron chi connectivity index (χ0n) is 10.3. The second-order valence-electron chi connectivity index (χ2n) is 3.90. The normalized spacial score (nSPS) is 10.3. The van der Waals surface area contributed by atoms with Crippen LogP contribution < -0.4 is 4.74 Å². The SMILES string of the molecule is CCOc1ccc(-c2ccc(F)cc2)c(C=O)c1F. The van der Waals surface area contributed by atoms with Crippen molar-refractivity contribution in [3.05, 3.63) is 53.6 Å². The molecular formula is C15H12F2O2. The van der Waals surface area contributed by atoms with E-state index >= 15 is 0 Å². The Labute approximate surface area is 109 Å². The predicted molar refractivity (Wildman–Crippen MR) is 68.4 cm³/mol. The molecule has 0 saturated carbocycles. The van der Waals surface area contributed by atoms with Crippen LogP contribution in [0.15, 0.2) is 36.4 Å². The molecule has 2 rings (SSSR count). The summed E-state index contributed by atoms with van der Waals surface area (Å²) in [4.78, 5) is 11.1. The third-order valence-corrected chi connectivity index (χ3v) is 2.72. The molecule has 0 aliphatic carbocycles. The lowest BCUT2D eigenvalue weighted by atomic mass is 9.99. The zero-order chi connectivity index (χ0) is 13.8. The molecule has 0 atom stereocenters. The highest BCUT2D eigenvalue weighted by molar-refractivity contribution is 5.88. The minimum Gasteiger partial charge on any atom is -0.491 e. The number of carbonyl (C=O) groups is 1. The molecule has 2 aromatic carbocycles. The van der Waals surface area contributed by atoms with Gasteiger partial charge in [0.05, 0.1) is 12.2 Å². The van der Waals surface area contributed by atoms with E-state index in [0.29, 0.717) is 24.0 Å². The van der Waals surface area contributed by atoms with Crippen LogP contribution >= 0.6 is 0 Å². The third kappa shape index (κ3) is 2.62. The van der Waals surface area contributed by atoms with Crippen LogP contribution in [0.25, 0.3) is 11.1 Å². The van der Waals surface area contributed by atoms with Crippen molar-refractivity contribution in [1.82, 2.24) is 0 Å². The lowest BCUT2D eigenvalue weighted by Crippen LogP contribution is -2.00. The first kappa shape index (κ1) is 13.2. The van der Waals surface area contributed by atoms with Gasteiger partial charge in [0.1, 0.15) is 5.82 Å². The van der Waals surface area contributed by atoms with Gasteiger partial charge in [-0.05, 0) is 42.3 Å². The second kappa shape index (κ2) is 5.61. The quantitative estimate of drug-likeness (QED) is 0.782. The molecule has 0 unspecified atom stereocenters. The molecule has 0 saturated heterocycles. The van der Waals surface area contributed by atoms with E-state index in [1.165, 1.54) is 30.3 Å². The van der Waals surface area contributed by atoms with Gasteiger partial charge in [0.25, 0.3) is 0 Å². The third-order valence-electron chi connectivity index (χ3n) is 2.72. The smallest absolute Gasteiger partial charge is 0.176 e. The maximum Gasteiger partial charge on any atom is 0.176 e. The standard InChI is InChI=1S/C15H12F2O2/c1-2-19-14-8-7-12(13(9-18)15(14)17)10-3-5-11(16)6-4-10/h3-9H,2H2,1H3. The number of aldehydes is 1. The average molecular weight is 262 g/mol. The molecule has 98 valence electrons. The number of benzene rings is 2. The number of ether oxygens (including phenoxy) is 1. The Morgan fingerprint density at radius 2 is 1.79 bits per heavy atom. The fraction of sp³-hybridized carbons (Fsp3) is 0.133. The Balaban J connectivity index is 2.55. The van der Waals surface area contributed by atoms with Crippen molar-refractivity contribution in [3.8, 4) is 16.9 Å². The highest BCUT2D eigenvalue weighted by Gasteiger charge is 2.15. The summed E-state index contributed by atoms with van der Waals surface area (Å²) in [5.74, 6) is -1.04. The Morgan fingerprint density at radius 1 is 1.11 bits per heavy atom. The Morgan fingerprint density at radius 3 is 2.37 bits per heavy atom. The summed E-state index contributed by atoms with van der Waals surface area (Å²) in [5, 5.41) is 0. The van der Waals surface area contributed by atoms with Crippen LogP contribution in [0.1, 0.15) is 17.3 Å². The van der Waals surface area contributed by atoms with Crippen molar-refractivity contribution in [2.75, 3.05) is 6.61 Å². The van der Waals surface area contributed by atoms with Gasteiger partial charge in [-0.25, -0.2) is 8.78 Å². The van der Waals surface area contributed by atoms with Crippen molar-refractivity contribution in [2.24, 2.45) is 0 Å². The minimum atomic E-state index is -0.696. The molecule has 2 aromatic rings. The van der Waals surface area contributed by atoms with Crippen LogP contribution in [0.2, 0.25) is 0 Å². The van der Waals surface area contributed by atoms with Crippen LogP contribution in [-0.4, -0.2) is 12.9 Å². The van der Waals surface area contributed by atoms with Gasteiger partial charge >= 0.3 is 0 Å². The summed E-state index contributed by atoms with van der Waals surface area (Å²) in [7, 11) is 0. The highest BCUT2D eigenvalue weighted by atomic mass is 19.1. The monoisotopic (exact) mass is 262 g/mol. The number of halogens is 2. The Bertz CT molecular complexity index is 592. The van der Waals surface area contributed by atoms with Crippen LogP contribution in [-0.2, 0) is 0 Å². The van der Waals surface area contributed by atoms with Gasteiger partial charge in [0.15, 0.2) is 17.9 Å². The van der Waals surface area contributed by atoms with E-state index in [0.717, 1.165) is 0 Å². The maximum atomic E-state index is 14.1. The number of carbonyl (C=O) groups excluding carboxylic acids is 1. The minimum absolute atomic E-state index is 0.0375. The molecule has 0 fully saturated rings. The molecule has 0 aliphatic heterocycles. The van der Waals surface area contributed by atoms with Gasteiger partial charge in [-0.2, -0.15) is 0 Å². The molecule has 2 nitrogen and oxygen atoms in total. The van der Waals surface area contributed by atoms with E-state index in [1.807, 2.05) is 0 Å². The van der Waals surface area contributed by atoms with E-state index in [4.69, 9.17) is 4.74 Å². The zero-order valence-corrected chi connectivity index (χ0v) is 10.3. The predicted octanol–water partition coefficient (Wildman–Crippen LogP) is 3.84. The lowest BCUT2D eigenvalue weighted by molar-refractivity contribution is 0.111. The summed E-state index contributed by atoms with van der Waals surface area (Å²) in [6.07, 6.45) is 0.441. The molecule has 0 bridgehead atoms. The van der Waals surface area contributed by atoms with Crippen molar-refractivity contribution in [3.63, 3.8) is 0 Å². The van der Waals surface area contributed by atoms with E-state index in [1.54, 1.807) is 13.0 Å². The van der Waals surface area contributed by atoms with Crippen molar-refractivity contribution >= 4 is 6.29 Å². The summed E-state index contributed by atoms with van der Waals surface area (Å²) in [5.41, 5.74) is 0.902. The Hall–Kier alpha value is -2.23. The number of rotatable bonds is 4. The maximum absolute atomic E-state index is 14.1. The van der Waals surface area contributed by atoms with Gasteiger partial charge in [-0.1, -0.05) is 12.1 Å². The van der Waals surface area contributed by atoms with E-state index in [2.05, 4.69) is 0 Å². The van der Waals surface area contributed by atoms with E-state index < -0.39 is 5.82 Å². The molecule has 0 radical (unpaired) electrons. The molecule has 0 spiro atoms. The molecule has 0 amide bonds. The van der Waals surface area contributed by atoms with Crippen LogP contribution in [0.3, 0.4) is 0 Å².